The van der Waals surface area contributed by atoms with E-state index in [2.05, 4.69) is 31.9 Å². The number of benzene rings is 2. The number of halogens is 2. The molecule has 0 N–H and O–H groups in total. The van der Waals surface area contributed by atoms with Crippen LogP contribution in [0, 0.1) is 6.92 Å². The van der Waals surface area contributed by atoms with Gasteiger partial charge < -0.3 is 9.47 Å². The third kappa shape index (κ3) is 4.55. The molecule has 100 valence electrons. The summed E-state index contributed by atoms with van der Waals surface area (Å²) in [5, 5.41) is 0. The van der Waals surface area contributed by atoms with Crippen LogP contribution >= 0.6 is 31.9 Å². The van der Waals surface area contributed by atoms with Crippen molar-refractivity contribution < 1.29 is 9.47 Å². The summed E-state index contributed by atoms with van der Waals surface area (Å²) in [6, 6.07) is 13.8. The second-order valence-corrected chi connectivity index (χ2v) is 5.90. The van der Waals surface area contributed by atoms with Gasteiger partial charge in [-0.25, -0.2) is 0 Å². The number of hydrogen-bond donors (Lipinski definition) is 0. The van der Waals surface area contributed by atoms with Crippen LogP contribution in [0.1, 0.15) is 5.56 Å². The summed E-state index contributed by atoms with van der Waals surface area (Å²) in [4.78, 5) is 0. The fourth-order valence-electron chi connectivity index (χ4n) is 1.60. The van der Waals surface area contributed by atoms with E-state index in [1.54, 1.807) is 0 Å². The zero-order valence-electron chi connectivity index (χ0n) is 10.5. The van der Waals surface area contributed by atoms with Crippen molar-refractivity contribution in [2.75, 3.05) is 13.2 Å². The molecule has 0 aliphatic rings. The zero-order chi connectivity index (χ0) is 13.7. The molecule has 0 fully saturated rings. The highest BCUT2D eigenvalue weighted by Gasteiger charge is 2.01. The molecule has 0 unspecified atom stereocenters. The summed E-state index contributed by atoms with van der Waals surface area (Å²) < 4.78 is 13.3. The van der Waals surface area contributed by atoms with Crippen LogP contribution in [0.15, 0.2) is 51.4 Å². The van der Waals surface area contributed by atoms with Crippen molar-refractivity contribution >= 4 is 31.9 Å². The van der Waals surface area contributed by atoms with Crippen molar-refractivity contribution in [2.45, 2.75) is 6.92 Å². The molecule has 2 rings (SSSR count). The number of aryl methyl sites for hydroxylation is 1. The molecular formula is C15H14Br2O2. The van der Waals surface area contributed by atoms with Crippen molar-refractivity contribution in [1.82, 2.24) is 0 Å². The van der Waals surface area contributed by atoms with E-state index in [0.29, 0.717) is 13.2 Å². The highest BCUT2D eigenvalue weighted by Crippen LogP contribution is 2.23. The van der Waals surface area contributed by atoms with Crippen molar-refractivity contribution in [1.29, 1.82) is 0 Å². The first kappa shape index (κ1) is 14.4. The third-order valence-corrected chi connectivity index (χ3v) is 3.54. The molecule has 19 heavy (non-hydrogen) atoms. The van der Waals surface area contributed by atoms with E-state index in [-0.39, 0.29) is 0 Å². The van der Waals surface area contributed by atoms with E-state index in [4.69, 9.17) is 9.47 Å². The first-order valence-electron chi connectivity index (χ1n) is 5.92. The van der Waals surface area contributed by atoms with Crippen LogP contribution in [0.5, 0.6) is 11.5 Å². The Labute approximate surface area is 130 Å². The maximum absolute atomic E-state index is 5.70. The minimum absolute atomic E-state index is 0.516. The first-order chi connectivity index (χ1) is 9.15. The summed E-state index contributed by atoms with van der Waals surface area (Å²) in [6.45, 7) is 3.06. The maximum atomic E-state index is 5.70. The second kappa shape index (κ2) is 6.96. The molecule has 2 nitrogen and oxygen atoms in total. The van der Waals surface area contributed by atoms with Gasteiger partial charge in [0, 0.05) is 8.95 Å². The van der Waals surface area contributed by atoms with Gasteiger partial charge in [0.15, 0.2) is 0 Å². The smallest absolute Gasteiger partial charge is 0.123 e. The van der Waals surface area contributed by atoms with Gasteiger partial charge in [0.2, 0.25) is 0 Å². The van der Waals surface area contributed by atoms with Crippen LogP contribution in [0.4, 0.5) is 0 Å². The average molecular weight is 386 g/mol. The maximum Gasteiger partial charge on any atom is 0.123 e. The van der Waals surface area contributed by atoms with Gasteiger partial charge in [-0.05, 0) is 42.8 Å². The van der Waals surface area contributed by atoms with Crippen LogP contribution < -0.4 is 9.47 Å². The van der Waals surface area contributed by atoms with Gasteiger partial charge in [-0.3, -0.25) is 0 Å². The molecule has 4 heteroatoms. The molecule has 2 aromatic rings. The molecule has 0 heterocycles. The fraction of sp³-hybridized carbons (Fsp3) is 0.200. The summed E-state index contributed by atoms with van der Waals surface area (Å²) in [7, 11) is 0. The Balaban J connectivity index is 1.82. The first-order valence-corrected chi connectivity index (χ1v) is 7.51. The lowest BCUT2D eigenvalue weighted by Crippen LogP contribution is -2.09. The topological polar surface area (TPSA) is 18.5 Å². The van der Waals surface area contributed by atoms with Gasteiger partial charge >= 0.3 is 0 Å². The second-order valence-electron chi connectivity index (χ2n) is 4.06. The van der Waals surface area contributed by atoms with E-state index >= 15 is 0 Å². The fourth-order valence-corrected chi connectivity index (χ4v) is 2.32. The molecule has 0 atom stereocenters. The third-order valence-electron chi connectivity index (χ3n) is 2.56. The Morgan fingerprint density at radius 1 is 0.895 bits per heavy atom. The number of ether oxygens (including phenoxy) is 2. The van der Waals surface area contributed by atoms with E-state index in [9.17, 15) is 0 Å². The van der Waals surface area contributed by atoms with Gasteiger partial charge in [-0.1, -0.05) is 44.0 Å². The lowest BCUT2D eigenvalue weighted by molar-refractivity contribution is 0.216. The van der Waals surface area contributed by atoms with Crippen LogP contribution in [0.3, 0.4) is 0 Å². The Morgan fingerprint density at radius 2 is 1.63 bits per heavy atom. The summed E-state index contributed by atoms with van der Waals surface area (Å²) >= 11 is 6.84. The predicted octanol–water partition coefficient (Wildman–Crippen LogP) is 4.98. The standard InChI is InChI=1S/C15H14Br2O2/c1-11-5-6-13(17)10-15(11)19-8-7-18-14-4-2-3-12(16)9-14/h2-6,9-10H,7-8H2,1H3. The van der Waals surface area contributed by atoms with Gasteiger partial charge in [-0.15, -0.1) is 0 Å². The number of rotatable bonds is 5. The van der Waals surface area contributed by atoms with Gasteiger partial charge in [0.05, 0.1) is 0 Å². The van der Waals surface area contributed by atoms with Gasteiger partial charge in [-0.2, -0.15) is 0 Å². The monoisotopic (exact) mass is 384 g/mol. The minimum Gasteiger partial charge on any atom is -0.490 e. The van der Waals surface area contributed by atoms with E-state index in [1.807, 2.05) is 49.4 Å². The minimum atomic E-state index is 0.516. The summed E-state index contributed by atoms with van der Waals surface area (Å²) in [5.74, 6) is 1.72. The highest BCUT2D eigenvalue weighted by molar-refractivity contribution is 9.10. The largest absolute Gasteiger partial charge is 0.490 e. The predicted molar refractivity (Wildman–Crippen MR) is 84.0 cm³/mol. The van der Waals surface area contributed by atoms with Crippen molar-refractivity contribution in [3.63, 3.8) is 0 Å². The van der Waals surface area contributed by atoms with Gasteiger partial charge in [0.1, 0.15) is 24.7 Å². The van der Waals surface area contributed by atoms with Crippen molar-refractivity contribution in [3.8, 4) is 11.5 Å². The molecule has 0 radical (unpaired) electrons. The van der Waals surface area contributed by atoms with Crippen LogP contribution in [-0.4, -0.2) is 13.2 Å². The molecule has 0 amide bonds. The highest BCUT2D eigenvalue weighted by atomic mass is 79.9. The van der Waals surface area contributed by atoms with E-state index < -0.39 is 0 Å². The molecule has 0 aliphatic carbocycles. The van der Waals surface area contributed by atoms with E-state index in [1.165, 1.54) is 0 Å². The Hall–Kier alpha value is -1.000. The van der Waals surface area contributed by atoms with Gasteiger partial charge in [0.25, 0.3) is 0 Å². The molecule has 0 saturated carbocycles. The van der Waals surface area contributed by atoms with Crippen LogP contribution in [0.2, 0.25) is 0 Å². The number of hydrogen-bond acceptors (Lipinski definition) is 2. The SMILES string of the molecule is Cc1ccc(Br)cc1OCCOc1cccc(Br)c1. The molecule has 0 aliphatic heterocycles. The van der Waals surface area contributed by atoms with Crippen molar-refractivity contribution in [2.24, 2.45) is 0 Å². The molecular weight excluding hydrogens is 372 g/mol. The molecule has 0 bridgehead atoms. The Morgan fingerprint density at radius 3 is 2.42 bits per heavy atom. The molecule has 0 saturated heterocycles. The van der Waals surface area contributed by atoms with E-state index in [0.717, 1.165) is 26.0 Å². The Kier molecular flexibility index (Phi) is 5.28. The van der Waals surface area contributed by atoms with Crippen LogP contribution in [0.25, 0.3) is 0 Å². The Bertz CT molecular complexity index is 556. The summed E-state index contributed by atoms with van der Waals surface area (Å²) in [5.41, 5.74) is 1.12. The van der Waals surface area contributed by atoms with Crippen molar-refractivity contribution in [3.05, 3.63) is 57.0 Å². The zero-order valence-corrected chi connectivity index (χ0v) is 13.7. The lowest BCUT2D eigenvalue weighted by atomic mass is 10.2. The normalized spacial score (nSPS) is 10.3. The molecule has 2 aromatic carbocycles. The summed E-state index contributed by atoms with van der Waals surface area (Å²) in [6.07, 6.45) is 0. The molecule has 0 spiro atoms. The average Bonchev–Trinajstić information content (AvgIpc) is 2.39. The molecule has 0 aromatic heterocycles. The lowest BCUT2D eigenvalue weighted by Gasteiger charge is -2.10. The van der Waals surface area contributed by atoms with Crippen LogP contribution in [-0.2, 0) is 0 Å². The quantitative estimate of drug-likeness (QED) is 0.676.